The smallest absolute Gasteiger partial charge is 0.270 e. The molecule has 5 rings (SSSR count). The van der Waals surface area contributed by atoms with Gasteiger partial charge in [0.15, 0.2) is 11.5 Å². The predicted octanol–water partition coefficient (Wildman–Crippen LogP) is 3.47. The fourth-order valence-corrected chi connectivity index (χ4v) is 3.35. The summed E-state index contributed by atoms with van der Waals surface area (Å²) in [4.78, 5) is 19.5. The largest absolute Gasteiger partial charge is 0.507 e. The molecule has 2 aromatic heterocycles. The van der Waals surface area contributed by atoms with Crippen LogP contribution in [-0.2, 0) is 0 Å². The van der Waals surface area contributed by atoms with Crippen molar-refractivity contribution in [2.75, 3.05) is 13.2 Å². The number of rotatable bonds is 3. The second-order valence-electron chi connectivity index (χ2n) is 6.42. The van der Waals surface area contributed by atoms with E-state index >= 15 is 0 Å². The molecule has 0 unspecified atom stereocenters. The Morgan fingerprint density at radius 3 is 2.72 bits per heavy atom. The van der Waals surface area contributed by atoms with E-state index in [0.717, 1.165) is 0 Å². The van der Waals surface area contributed by atoms with Crippen molar-refractivity contribution in [3.8, 4) is 34.3 Å². The maximum atomic E-state index is 11.2. The van der Waals surface area contributed by atoms with Gasteiger partial charge in [0.1, 0.15) is 24.8 Å². The van der Waals surface area contributed by atoms with Crippen LogP contribution in [0.5, 0.6) is 17.2 Å². The molecule has 0 atom stereocenters. The number of imidazole rings is 1. The molecule has 9 nitrogen and oxygen atoms in total. The third kappa shape index (κ3) is 2.80. The summed E-state index contributed by atoms with van der Waals surface area (Å²) in [6.07, 6.45) is 3.26. The Morgan fingerprint density at radius 2 is 1.90 bits per heavy atom. The summed E-state index contributed by atoms with van der Waals surface area (Å²) in [5.74, 6) is 1.47. The predicted molar refractivity (Wildman–Crippen MR) is 104 cm³/mol. The zero-order chi connectivity index (χ0) is 20.0. The van der Waals surface area contributed by atoms with Gasteiger partial charge >= 0.3 is 0 Å². The molecule has 4 aromatic rings. The molecule has 1 aliphatic rings. The van der Waals surface area contributed by atoms with Gasteiger partial charge in [0.2, 0.25) is 0 Å². The number of aromatic hydroxyl groups is 1. The van der Waals surface area contributed by atoms with Crippen LogP contribution >= 0.6 is 0 Å². The normalized spacial score (nSPS) is 12.8. The number of nitro benzene ring substituents is 1. The molecule has 0 aliphatic carbocycles. The monoisotopic (exact) mass is 390 g/mol. The summed E-state index contributed by atoms with van der Waals surface area (Å²) in [6, 6.07) is 11.0. The van der Waals surface area contributed by atoms with Gasteiger partial charge < -0.3 is 14.6 Å². The van der Waals surface area contributed by atoms with Gasteiger partial charge in [0, 0.05) is 24.4 Å². The van der Waals surface area contributed by atoms with Crippen molar-refractivity contribution < 1.29 is 19.5 Å². The van der Waals surface area contributed by atoms with E-state index in [1.807, 2.05) is 6.07 Å². The minimum Gasteiger partial charge on any atom is -0.507 e. The molecule has 1 N–H and O–H groups in total. The van der Waals surface area contributed by atoms with Gasteiger partial charge in [0.05, 0.1) is 33.4 Å². The summed E-state index contributed by atoms with van der Waals surface area (Å²) in [6.45, 7) is 0.929. The van der Waals surface area contributed by atoms with Gasteiger partial charge in [-0.2, -0.15) is 0 Å². The highest BCUT2D eigenvalue weighted by atomic mass is 16.6. The second-order valence-corrected chi connectivity index (χ2v) is 6.42. The first kappa shape index (κ1) is 17.0. The van der Waals surface area contributed by atoms with E-state index < -0.39 is 4.92 Å². The van der Waals surface area contributed by atoms with E-state index in [9.17, 15) is 15.2 Å². The summed E-state index contributed by atoms with van der Waals surface area (Å²) < 4.78 is 13.0. The first-order valence-corrected chi connectivity index (χ1v) is 8.82. The van der Waals surface area contributed by atoms with E-state index in [1.165, 1.54) is 18.2 Å². The molecule has 2 aromatic carbocycles. The lowest BCUT2D eigenvalue weighted by molar-refractivity contribution is -0.384. The number of aromatic nitrogens is 3. The number of nitrogens with zero attached hydrogens (tertiary/aromatic N) is 4. The van der Waals surface area contributed by atoms with Crippen LogP contribution in [0, 0.1) is 10.1 Å². The Balaban J connectivity index is 1.78. The first-order chi connectivity index (χ1) is 14.1. The standard InChI is InChI=1S/C20H14N4O5/c25-17-3-1-13(24(26)27)9-14(17)20-22-15-5-6-21-11-16(15)23(20)12-2-4-18-19(10-12)29-8-7-28-18/h1-6,9-11,25H,7-8H2. The number of nitro groups is 1. The highest BCUT2D eigenvalue weighted by molar-refractivity contribution is 5.84. The lowest BCUT2D eigenvalue weighted by Gasteiger charge is -2.19. The van der Waals surface area contributed by atoms with Crippen LogP contribution in [0.3, 0.4) is 0 Å². The van der Waals surface area contributed by atoms with Crippen molar-refractivity contribution in [2.24, 2.45) is 0 Å². The molecule has 0 radical (unpaired) electrons. The Labute approximate surface area is 163 Å². The molecule has 0 saturated heterocycles. The van der Waals surface area contributed by atoms with Crippen molar-refractivity contribution in [3.05, 3.63) is 65.0 Å². The average Bonchev–Trinajstić information content (AvgIpc) is 3.13. The molecule has 144 valence electrons. The number of phenolic OH excluding ortho intramolecular Hbond substituents is 1. The zero-order valence-corrected chi connectivity index (χ0v) is 15.0. The average molecular weight is 390 g/mol. The Morgan fingerprint density at radius 1 is 1.07 bits per heavy atom. The molecule has 3 heterocycles. The Hall–Kier alpha value is -4.14. The maximum Gasteiger partial charge on any atom is 0.270 e. The van der Waals surface area contributed by atoms with E-state index in [1.54, 1.807) is 35.2 Å². The number of fused-ring (bicyclic) bond motifs is 2. The number of phenols is 1. The topological polar surface area (TPSA) is 113 Å². The van der Waals surface area contributed by atoms with Gasteiger partial charge in [-0.1, -0.05) is 0 Å². The van der Waals surface area contributed by atoms with Crippen molar-refractivity contribution in [1.82, 2.24) is 14.5 Å². The van der Waals surface area contributed by atoms with Gasteiger partial charge in [-0.05, 0) is 24.3 Å². The van der Waals surface area contributed by atoms with Crippen LogP contribution in [0.1, 0.15) is 0 Å². The van der Waals surface area contributed by atoms with Crippen LogP contribution in [0.4, 0.5) is 5.69 Å². The lowest BCUT2D eigenvalue weighted by Crippen LogP contribution is -2.15. The van der Waals surface area contributed by atoms with Crippen molar-refractivity contribution in [2.45, 2.75) is 0 Å². The van der Waals surface area contributed by atoms with Crippen molar-refractivity contribution in [3.63, 3.8) is 0 Å². The second kappa shape index (κ2) is 6.48. The molecular weight excluding hydrogens is 376 g/mol. The highest BCUT2D eigenvalue weighted by Crippen LogP contribution is 2.38. The van der Waals surface area contributed by atoms with Crippen molar-refractivity contribution in [1.29, 1.82) is 0 Å². The molecule has 29 heavy (non-hydrogen) atoms. The van der Waals surface area contributed by atoms with E-state index in [0.29, 0.717) is 47.3 Å². The van der Waals surface area contributed by atoms with Gasteiger partial charge in [-0.3, -0.25) is 19.7 Å². The zero-order valence-electron chi connectivity index (χ0n) is 15.0. The molecule has 0 amide bonds. The van der Waals surface area contributed by atoms with E-state index in [-0.39, 0.29) is 17.0 Å². The quantitative estimate of drug-likeness (QED) is 0.421. The molecule has 0 saturated carbocycles. The van der Waals surface area contributed by atoms with Crippen LogP contribution in [0.25, 0.3) is 28.1 Å². The van der Waals surface area contributed by atoms with Gasteiger partial charge in [0.25, 0.3) is 5.69 Å². The minimum atomic E-state index is -0.512. The van der Waals surface area contributed by atoms with Crippen LogP contribution in [0.15, 0.2) is 54.9 Å². The fraction of sp³-hybridized carbons (Fsp3) is 0.100. The van der Waals surface area contributed by atoms with Gasteiger partial charge in [-0.25, -0.2) is 4.98 Å². The third-order valence-corrected chi connectivity index (χ3v) is 4.67. The molecule has 0 spiro atoms. The Bertz CT molecular complexity index is 1270. The van der Waals surface area contributed by atoms with Gasteiger partial charge in [-0.15, -0.1) is 0 Å². The van der Waals surface area contributed by atoms with Crippen molar-refractivity contribution >= 4 is 16.7 Å². The Kier molecular flexibility index (Phi) is 3.80. The summed E-state index contributed by atoms with van der Waals surface area (Å²) in [5, 5.41) is 21.7. The molecular formula is C20H14N4O5. The van der Waals surface area contributed by atoms with E-state index in [2.05, 4.69) is 9.97 Å². The first-order valence-electron chi connectivity index (χ1n) is 8.82. The fourth-order valence-electron chi connectivity index (χ4n) is 3.35. The number of hydrogen-bond acceptors (Lipinski definition) is 7. The van der Waals surface area contributed by atoms with Crippen LogP contribution < -0.4 is 9.47 Å². The molecule has 0 fully saturated rings. The SMILES string of the molecule is O=[N+]([O-])c1ccc(O)c(-c2nc3ccncc3n2-c2ccc3c(c2)OCCO3)c1. The van der Waals surface area contributed by atoms with E-state index in [4.69, 9.17) is 9.47 Å². The highest BCUT2D eigenvalue weighted by Gasteiger charge is 2.21. The number of ether oxygens (including phenoxy) is 2. The maximum absolute atomic E-state index is 11.2. The third-order valence-electron chi connectivity index (χ3n) is 4.67. The summed E-state index contributed by atoms with van der Waals surface area (Å²) in [5.41, 5.74) is 2.12. The molecule has 9 heteroatoms. The summed E-state index contributed by atoms with van der Waals surface area (Å²) in [7, 11) is 0. The van der Waals surface area contributed by atoms with Crippen LogP contribution in [-0.4, -0.2) is 37.8 Å². The summed E-state index contributed by atoms with van der Waals surface area (Å²) >= 11 is 0. The number of pyridine rings is 1. The molecule has 0 bridgehead atoms. The molecule has 1 aliphatic heterocycles. The number of non-ortho nitro benzene ring substituents is 1. The number of hydrogen-bond donors (Lipinski definition) is 1. The van der Waals surface area contributed by atoms with Crippen LogP contribution in [0.2, 0.25) is 0 Å². The minimum absolute atomic E-state index is 0.113. The lowest BCUT2D eigenvalue weighted by atomic mass is 10.1. The number of benzene rings is 2.